The lowest BCUT2D eigenvalue weighted by atomic mass is 10.1. The number of halogens is 2. The third-order valence-electron chi connectivity index (χ3n) is 4.83. The molecule has 7 heteroatoms. The Hall–Kier alpha value is -2.31. The highest BCUT2D eigenvalue weighted by molar-refractivity contribution is 6.33. The van der Waals surface area contributed by atoms with Gasteiger partial charge in [0.2, 0.25) is 6.79 Å². The molecule has 136 valence electrons. The van der Waals surface area contributed by atoms with E-state index in [1.165, 1.54) is 22.6 Å². The van der Waals surface area contributed by atoms with Crippen LogP contribution in [0.25, 0.3) is 0 Å². The summed E-state index contributed by atoms with van der Waals surface area (Å²) in [5, 5.41) is 0.158. The third kappa shape index (κ3) is 3.34. The molecule has 26 heavy (non-hydrogen) atoms. The third-order valence-corrected chi connectivity index (χ3v) is 5.14. The van der Waals surface area contributed by atoms with Crippen molar-refractivity contribution in [2.75, 3.05) is 33.0 Å². The van der Waals surface area contributed by atoms with Gasteiger partial charge in [-0.3, -0.25) is 4.79 Å². The molecule has 1 N–H and O–H groups in total. The summed E-state index contributed by atoms with van der Waals surface area (Å²) in [7, 11) is 0. The predicted octanol–water partition coefficient (Wildman–Crippen LogP) is 1.75. The molecule has 2 aliphatic heterocycles. The molecule has 2 aromatic rings. The van der Waals surface area contributed by atoms with E-state index >= 15 is 0 Å². The average molecular weight is 378 g/mol. The van der Waals surface area contributed by atoms with E-state index in [0.717, 1.165) is 31.1 Å². The number of amides is 1. The molecule has 1 saturated heterocycles. The van der Waals surface area contributed by atoms with Crippen molar-refractivity contribution in [3.8, 4) is 11.5 Å². The quantitative estimate of drug-likeness (QED) is 0.886. The van der Waals surface area contributed by atoms with Gasteiger partial charge in [0.15, 0.2) is 11.5 Å². The van der Waals surface area contributed by atoms with Gasteiger partial charge in [-0.25, -0.2) is 4.39 Å². The molecule has 4 rings (SSSR count). The molecule has 1 fully saturated rings. The lowest BCUT2D eigenvalue weighted by molar-refractivity contribution is -0.917. The van der Waals surface area contributed by atoms with Crippen LogP contribution in [0.4, 0.5) is 4.39 Å². The number of ether oxygens (including phenoxy) is 2. The number of quaternary nitrogens is 1. The highest BCUT2D eigenvalue weighted by Gasteiger charge is 2.28. The summed E-state index contributed by atoms with van der Waals surface area (Å²) < 4.78 is 24.7. The van der Waals surface area contributed by atoms with Gasteiger partial charge < -0.3 is 19.3 Å². The Morgan fingerprint density at radius 1 is 1.15 bits per heavy atom. The summed E-state index contributed by atoms with van der Waals surface area (Å²) in [6.45, 7) is 3.86. The van der Waals surface area contributed by atoms with Gasteiger partial charge in [-0.1, -0.05) is 17.7 Å². The van der Waals surface area contributed by atoms with Gasteiger partial charge >= 0.3 is 0 Å². The molecular formula is C19H19ClFN2O3+. The van der Waals surface area contributed by atoms with Crippen LogP contribution in [0, 0.1) is 5.82 Å². The zero-order chi connectivity index (χ0) is 18.1. The maximum atomic E-state index is 14.0. The molecule has 2 aliphatic rings. The molecule has 0 bridgehead atoms. The Morgan fingerprint density at radius 3 is 2.69 bits per heavy atom. The molecule has 1 amide bonds. The fourth-order valence-electron chi connectivity index (χ4n) is 3.40. The number of nitrogens with one attached hydrogen (secondary N) is 1. The monoisotopic (exact) mass is 377 g/mol. The minimum absolute atomic E-state index is 0.0339. The van der Waals surface area contributed by atoms with Crippen molar-refractivity contribution in [3.05, 3.63) is 58.4 Å². The van der Waals surface area contributed by atoms with Gasteiger partial charge in [0.05, 0.1) is 36.8 Å². The number of benzene rings is 2. The van der Waals surface area contributed by atoms with Crippen LogP contribution < -0.4 is 14.4 Å². The first kappa shape index (κ1) is 17.1. The number of hydrogen-bond acceptors (Lipinski definition) is 3. The lowest BCUT2D eigenvalue weighted by Crippen LogP contribution is -3.13. The Labute approximate surface area is 155 Å². The maximum Gasteiger partial charge on any atom is 0.258 e. The van der Waals surface area contributed by atoms with Crippen molar-refractivity contribution in [3.63, 3.8) is 0 Å². The number of carbonyl (C=O) groups is 1. The molecule has 0 aromatic heterocycles. The first-order valence-corrected chi connectivity index (χ1v) is 8.95. The molecule has 0 atom stereocenters. The van der Waals surface area contributed by atoms with Gasteiger partial charge in [-0.05, 0) is 30.3 Å². The van der Waals surface area contributed by atoms with Gasteiger partial charge in [-0.2, -0.15) is 0 Å². The van der Waals surface area contributed by atoms with Crippen LogP contribution in [0.3, 0.4) is 0 Å². The molecule has 0 unspecified atom stereocenters. The molecule has 0 radical (unpaired) electrons. The second kappa shape index (κ2) is 7.13. The maximum absolute atomic E-state index is 14.0. The number of carbonyl (C=O) groups excluding carboxylic acids is 1. The molecule has 0 aliphatic carbocycles. The number of hydrogen-bond donors (Lipinski definition) is 1. The van der Waals surface area contributed by atoms with Crippen LogP contribution in [0.1, 0.15) is 15.9 Å². The van der Waals surface area contributed by atoms with Crippen LogP contribution in [0.2, 0.25) is 5.02 Å². The summed E-state index contributed by atoms with van der Waals surface area (Å²) in [4.78, 5) is 15.6. The summed E-state index contributed by atoms with van der Waals surface area (Å²) >= 11 is 6.01. The van der Waals surface area contributed by atoms with E-state index in [1.807, 2.05) is 18.2 Å². The number of fused-ring (bicyclic) bond motifs is 1. The molecule has 5 nitrogen and oxygen atoms in total. The normalized spacial score (nSPS) is 16.8. The summed E-state index contributed by atoms with van der Waals surface area (Å²) in [6, 6.07) is 10.3. The largest absolute Gasteiger partial charge is 0.454 e. The smallest absolute Gasteiger partial charge is 0.258 e. The SMILES string of the molecule is O=C(c1c(F)cccc1Cl)N1CC[NH+](Cc2ccc3c(c2)OCO3)CC1. The molecular weight excluding hydrogens is 359 g/mol. The van der Waals surface area contributed by atoms with Crippen LogP contribution in [0.5, 0.6) is 11.5 Å². The van der Waals surface area contributed by atoms with Gasteiger partial charge in [0, 0.05) is 5.56 Å². The molecule has 2 aromatic carbocycles. The first-order valence-electron chi connectivity index (χ1n) is 8.57. The second-order valence-corrected chi connectivity index (χ2v) is 6.91. The minimum atomic E-state index is -0.572. The minimum Gasteiger partial charge on any atom is -0.454 e. The van der Waals surface area contributed by atoms with E-state index in [0.29, 0.717) is 13.1 Å². The second-order valence-electron chi connectivity index (χ2n) is 6.50. The number of nitrogens with zero attached hydrogens (tertiary/aromatic N) is 1. The van der Waals surface area contributed by atoms with Crippen LogP contribution in [-0.4, -0.2) is 43.8 Å². The van der Waals surface area contributed by atoms with Gasteiger partial charge in [0.25, 0.3) is 5.91 Å². The Bertz CT molecular complexity index is 817. The Kier molecular flexibility index (Phi) is 4.70. The van der Waals surface area contributed by atoms with Crippen LogP contribution >= 0.6 is 11.6 Å². The summed E-state index contributed by atoms with van der Waals surface area (Å²) in [6.07, 6.45) is 0. The highest BCUT2D eigenvalue weighted by Crippen LogP contribution is 2.32. The fourth-order valence-corrected chi connectivity index (χ4v) is 3.65. The van der Waals surface area contributed by atoms with E-state index in [4.69, 9.17) is 21.1 Å². The van der Waals surface area contributed by atoms with E-state index < -0.39 is 5.82 Å². The van der Waals surface area contributed by atoms with Crippen LogP contribution in [0.15, 0.2) is 36.4 Å². The van der Waals surface area contributed by atoms with Crippen molar-refractivity contribution in [2.45, 2.75) is 6.54 Å². The lowest BCUT2D eigenvalue weighted by Gasteiger charge is -2.32. The standard InChI is InChI=1S/C19H18ClFN2O3/c20-14-2-1-3-15(21)18(14)19(24)23-8-6-22(7-9-23)11-13-4-5-16-17(10-13)26-12-25-16/h1-5,10H,6-9,11-12H2/p+1. The molecule has 0 saturated carbocycles. The van der Waals surface area contributed by atoms with Crippen LogP contribution in [-0.2, 0) is 6.54 Å². The van der Waals surface area contributed by atoms with Crippen molar-refractivity contribution < 1.29 is 23.6 Å². The zero-order valence-corrected chi connectivity index (χ0v) is 14.9. The fraction of sp³-hybridized carbons (Fsp3) is 0.316. The topological polar surface area (TPSA) is 43.2 Å². The van der Waals surface area contributed by atoms with E-state index in [2.05, 4.69) is 0 Å². The molecule has 2 heterocycles. The predicted molar refractivity (Wildman–Crippen MR) is 94.3 cm³/mol. The number of piperazine rings is 1. The molecule has 0 spiro atoms. The first-order chi connectivity index (χ1) is 12.6. The van der Waals surface area contributed by atoms with Crippen molar-refractivity contribution in [2.24, 2.45) is 0 Å². The number of rotatable bonds is 3. The van der Waals surface area contributed by atoms with Crippen molar-refractivity contribution in [1.82, 2.24) is 4.90 Å². The van der Waals surface area contributed by atoms with Gasteiger partial charge in [-0.15, -0.1) is 0 Å². The van der Waals surface area contributed by atoms with Gasteiger partial charge in [0.1, 0.15) is 12.4 Å². The Morgan fingerprint density at radius 2 is 1.92 bits per heavy atom. The average Bonchev–Trinajstić information content (AvgIpc) is 3.10. The van der Waals surface area contributed by atoms with Crippen molar-refractivity contribution >= 4 is 17.5 Å². The zero-order valence-electron chi connectivity index (χ0n) is 14.1. The van der Waals surface area contributed by atoms with Crippen molar-refractivity contribution in [1.29, 1.82) is 0 Å². The summed E-state index contributed by atoms with van der Waals surface area (Å²) in [5.74, 6) is 0.652. The summed E-state index contributed by atoms with van der Waals surface area (Å²) in [5.41, 5.74) is 1.13. The van der Waals surface area contributed by atoms with E-state index in [1.54, 1.807) is 11.0 Å². The Balaban J connectivity index is 1.37. The van der Waals surface area contributed by atoms with E-state index in [-0.39, 0.29) is 23.3 Å². The highest BCUT2D eigenvalue weighted by atomic mass is 35.5. The van der Waals surface area contributed by atoms with E-state index in [9.17, 15) is 9.18 Å².